The Labute approximate surface area is 115 Å². The highest BCUT2D eigenvalue weighted by atomic mass is 19.4. The lowest BCUT2D eigenvalue weighted by molar-refractivity contribution is -0.138. The van der Waals surface area contributed by atoms with Gasteiger partial charge in [-0.1, -0.05) is 13.0 Å². The molecule has 20 heavy (non-hydrogen) atoms. The lowest BCUT2D eigenvalue weighted by atomic mass is 9.95. The molecule has 2 atom stereocenters. The summed E-state index contributed by atoms with van der Waals surface area (Å²) >= 11 is 0. The Hall–Kier alpha value is -1.14. The summed E-state index contributed by atoms with van der Waals surface area (Å²) in [6, 6.07) is 2.82. The van der Waals surface area contributed by atoms with Crippen LogP contribution in [0.3, 0.4) is 0 Å². The minimum atomic E-state index is -4.54. The van der Waals surface area contributed by atoms with Crippen molar-refractivity contribution in [3.05, 3.63) is 35.1 Å². The van der Waals surface area contributed by atoms with Crippen molar-refractivity contribution in [2.45, 2.75) is 32.1 Å². The molecule has 2 rings (SSSR count). The Balaban J connectivity index is 2.21. The third kappa shape index (κ3) is 3.70. The first-order valence-corrected chi connectivity index (χ1v) is 6.59. The van der Waals surface area contributed by atoms with Crippen LogP contribution in [-0.2, 0) is 12.7 Å². The Morgan fingerprint density at radius 1 is 1.30 bits per heavy atom. The number of nitrogens with two attached hydrogens (primary N) is 1. The van der Waals surface area contributed by atoms with E-state index in [-0.39, 0.29) is 18.2 Å². The molecule has 0 saturated carbocycles. The number of rotatable bonds is 2. The second kappa shape index (κ2) is 5.69. The summed E-state index contributed by atoms with van der Waals surface area (Å²) in [5.74, 6) is -0.515. The predicted octanol–water partition coefficient (Wildman–Crippen LogP) is 3.01. The molecule has 0 radical (unpaired) electrons. The smallest absolute Gasteiger partial charge is 0.327 e. The fourth-order valence-electron chi connectivity index (χ4n) is 2.83. The van der Waals surface area contributed by atoms with Crippen molar-refractivity contribution in [1.29, 1.82) is 0 Å². The van der Waals surface area contributed by atoms with Crippen LogP contribution in [-0.4, -0.2) is 24.0 Å². The molecule has 1 saturated heterocycles. The second-order valence-corrected chi connectivity index (χ2v) is 5.59. The maximum absolute atomic E-state index is 13.0. The van der Waals surface area contributed by atoms with Crippen molar-refractivity contribution < 1.29 is 17.6 Å². The van der Waals surface area contributed by atoms with E-state index in [1.807, 2.05) is 11.8 Å². The van der Waals surface area contributed by atoms with Crippen molar-refractivity contribution in [3.63, 3.8) is 0 Å². The van der Waals surface area contributed by atoms with Crippen LogP contribution in [0.2, 0.25) is 0 Å². The van der Waals surface area contributed by atoms with E-state index in [1.165, 1.54) is 6.07 Å². The summed E-state index contributed by atoms with van der Waals surface area (Å²) in [6.45, 7) is 3.45. The number of hydrogen-bond acceptors (Lipinski definition) is 2. The van der Waals surface area contributed by atoms with Gasteiger partial charge in [0.1, 0.15) is 5.82 Å². The maximum atomic E-state index is 13.0. The van der Waals surface area contributed by atoms with Crippen LogP contribution in [0.5, 0.6) is 0 Å². The fourth-order valence-corrected chi connectivity index (χ4v) is 2.83. The molecule has 1 aliphatic rings. The maximum Gasteiger partial charge on any atom is 0.416 e. The van der Waals surface area contributed by atoms with Gasteiger partial charge in [-0.2, -0.15) is 13.2 Å². The molecule has 2 unspecified atom stereocenters. The molecule has 0 bridgehead atoms. The van der Waals surface area contributed by atoms with Crippen molar-refractivity contribution in [1.82, 2.24) is 4.90 Å². The van der Waals surface area contributed by atoms with Crippen molar-refractivity contribution in [2.75, 3.05) is 13.1 Å². The van der Waals surface area contributed by atoms with Crippen LogP contribution in [0.15, 0.2) is 18.2 Å². The molecule has 1 aromatic rings. The van der Waals surface area contributed by atoms with Gasteiger partial charge in [-0.05, 0) is 30.0 Å². The minimum Gasteiger partial charge on any atom is -0.327 e. The van der Waals surface area contributed by atoms with Gasteiger partial charge < -0.3 is 5.73 Å². The third-order valence-electron chi connectivity index (χ3n) is 3.54. The van der Waals surface area contributed by atoms with Gasteiger partial charge >= 0.3 is 6.18 Å². The zero-order valence-corrected chi connectivity index (χ0v) is 11.3. The molecule has 1 heterocycles. The van der Waals surface area contributed by atoms with Gasteiger partial charge in [-0.3, -0.25) is 4.90 Å². The largest absolute Gasteiger partial charge is 0.416 e. The highest BCUT2D eigenvalue weighted by Crippen LogP contribution is 2.33. The molecule has 2 N–H and O–H groups in total. The van der Waals surface area contributed by atoms with E-state index in [1.54, 1.807) is 0 Å². The van der Waals surface area contributed by atoms with E-state index >= 15 is 0 Å². The Morgan fingerprint density at radius 2 is 2.00 bits per heavy atom. The van der Waals surface area contributed by atoms with Gasteiger partial charge in [0.25, 0.3) is 0 Å². The van der Waals surface area contributed by atoms with Crippen LogP contribution < -0.4 is 5.73 Å². The normalized spacial score (nSPS) is 24.9. The number of nitrogens with zero attached hydrogens (tertiary/aromatic N) is 1. The molecule has 1 fully saturated rings. The fraction of sp³-hybridized carbons (Fsp3) is 0.571. The van der Waals surface area contributed by atoms with Gasteiger partial charge in [0.2, 0.25) is 0 Å². The standard InChI is InChI=1S/C14H18F4N2/c1-9-4-12(19)8-20(6-9)7-10-2-3-11(15)5-13(10)14(16,17)18/h2-3,5,9,12H,4,6-8,19H2,1H3. The molecule has 1 aromatic carbocycles. The van der Waals surface area contributed by atoms with Gasteiger partial charge in [0.05, 0.1) is 5.56 Å². The molecule has 0 aromatic heterocycles. The molecule has 0 amide bonds. The van der Waals surface area contributed by atoms with Crippen molar-refractivity contribution in [3.8, 4) is 0 Å². The van der Waals surface area contributed by atoms with E-state index in [2.05, 4.69) is 0 Å². The average Bonchev–Trinajstić information content (AvgIpc) is 2.28. The van der Waals surface area contributed by atoms with E-state index in [4.69, 9.17) is 5.73 Å². The van der Waals surface area contributed by atoms with Crippen LogP contribution >= 0.6 is 0 Å². The molecular formula is C14H18F4N2. The Kier molecular flexibility index (Phi) is 4.34. The van der Waals surface area contributed by atoms with E-state index in [0.717, 1.165) is 12.5 Å². The first kappa shape index (κ1) is 15.3. The van der Waals surface area contributed by atoms with Gasteiger partial charge in [0.15, 0.2) is 0 Å². The SMILES string of the molecule is CC1CC(N)CN(Cc2ccc(F)cc2C(F)(F)F)C1. The van der Waals surface area contributed by atoms with Crippen LogP contribution in [0.4, 0.5) is 17.6 Å². The number of piperidine rings is 1. The number of likely N-dealkylation sites (tertiary alicyclic amines) is 1. The van der Waals surface area contributed by atoms with Gasteiger partial charge in [-0.25, -0.2) is 4.39 Å². The topological polar surface area (TPSA) is 29.3 Å². The van der Waals surface area contributed by atoms with Gasteiger partial charge in [0, 0.05) is 25.7 Å². The van der Waals surface area contributed by atoms with Gasteiger partial charge in [-0.15, -0.1) is 0 Å². The minimum absolute atomic E-state index is 0.0199. The monoisotopic (exact) mass is 290 g/mol. The molecule has 6 heteroatoms. The van der Waals surface area contributed by atoms with E-state index < -0.39 is 17.6 Å². The second-order valence-electron chi connectivity index (χ2n) is 5.59. The van der Waals surface area contributed by atoms with Crippen molar-refractivity contribution in [2.24, 2.45) is 11.7 Å². The first-order chi connectivity index (χ1) is 9.25. The molecule has 0 aliphatic carbocycles. The number of alkyl halides is 3. The summed E-state index contributed by atoms with van der Waals surface area (Å²) in [5.41, 5.74) is 5.09. The summed E-state index contributed by atoms with van der Waals surface area (Å²) < 4.78 is 51.8. The van der Waals surface area contributed by atoms with Crippen molar-refractivity contribution >= 4 is 0 Å². The molecule has 112 valence electrons. The number of hydrogen-bond donors (Lipinski definition) is 1. The highest BCUT2D eigenvalue weighted by Gasteiger charge is 2.34. The zero-order valence-electron chi connectivity index (χ0n) is 11.3. The van der Waals surface area contributed by atoms with Crippen LogP contribution in [0.25, 0.3) is 0 Å². The van der Waals surface area contributed by atoms with Crippen LogP contribution in [0.1, 0.15) is 24.5 Å². The highest BCUT2D eigenvalue weighted by molar-refractivity contribution is 5.30. The van der Waals surface area contributed by atoms with E-state index in [9.17, 15) is 17.6 Å². The Morgan fingerprint density at radius 3 is 2.60 bits per heavy atom. The first-order valence-electron chi connectivity index (χ1n) is 6.59. The number of benzene rings is 1. The summed E-state index contributed by atoms with van der Waals surface area (Å²) in [6.07, 6.45) is -3.66. The lowest BCUT2D eigenvalue weighted by Gasteiger charge is -2.35. The zero-order chi connectivity index (χ0) is 14.9. The van der Waals surface area contributed by atoms with Crippen LogP contribution in [0, 0.1) is 11.7 Å². The lowest BCUT2D eigenvalue weighted by Crippen LogP contribution is -2.45. The molecule has 1 aliphatic heterocycles. The Bertz CT molecular complexity index is 463. The molecular weight excluding hydrogens is 272 g/mol. The third-order valence-corrected chi connectivity index (χ3v) is 3.54. The summed E-state index contributed by atoms with van der Waals surface area (Å²) in [5, 5.41) is 0. The quantitative estimate of drug-likeness (QED) is 0.848. The predicted molar refractivity (Wildman–Crippen MR) is 68.4 cm³/mol. The number of halogens is 4. The van der Waals surface area contributed by atoms with E-state index in [0.29, 0.717) is 25.1 Å². The molecule has 0 spiro atoms. The average molecular weight is 290 g/mol. The molecule has 2 nitrogen and oxygen atoms in total. The summed E-state index contributed by atoms with van der Waals surface area (Å²) in [7, 11) is 0. The summed E-state index contributed by atoms with van der Waals surface area (Å²) in [4.78, 5) is 1.90.